The molecule has 0 aliphatic rings. The van der Waals surface area contributed by atoms with Crippen molar-refractivity contribution in [2.75, 3.05) is 13.2 Å². The van der Waals surface area contributed by atoms with Gasteiger partial charge in [-0.2, -0.15) is 0 Å². The Morgan fingerprint density at radius 1 is 0.339 bits per heavy atom. The van der Waals surface area contributed by atoms with Crippen LogP contribution in [0.5, 0.6) is 0 Å². The molecule has 1 atom stereocenters. The van der Waals surface area contributed by atoms with Gasteiger partial charge in [0.2, 0.25) is 0 Å². The molecule has 0 aromatic rings. The fourth-order valence-electron chi connectivity index (χ4n) is 7.35. The van der Waals surface area contributed by atoms with Gasteiger partial charge in [0.15, 0.2) is 6.10 Å². The fourth-order valence-corrected chi connectivity index (χ4v) is 7.35. The molecule has 1 unspecified atom stereocenters. The molecule has 0 aromatic carbocycles. The molecule has 358 valence electrons. The minimum absolute atomic E-state index is 0.0746. The lowest BCUT2D eigenvalue weighted by Crippen LogP contribution is -2.30. The minimum Gasteiger partial charge on any atom is -0.462 e. The molecule has 0 aromatic heterocycles. The largest absolute Gasteiger partial charge is 0.462 e. The van der Waals surface area contributed by atoms with Crippen LogP contribution in [0, 0.1) is 0 Å². The lowest BCUT2D eigenvalue weighted by atomic mass is 10.0. The van der Waals surface area contributed by atoms with Crippen molar-refractivity contribution in [2.24, 2.45) is 0 Å². The number of carbonyl (C=O) groups is 3. The van der Waals surface area contributed by atoms with Crippen LogP contribution in [0.3, 0.4) is 0 Å². The molecular formula is C56H98O6. The fraction of sp³-hybridized carbons (Fsp3) is 0.768. The first-order valence-electron chi connectivity index (χ1n) is 26.3. The molecular weight excluding hydrogens is 769 g/mol. The number of hydrogen-bond donors (Lipinski definition) is 0. The van der Waals surface area contributed by atoms with Gasteiger partial charge in [-0.15, -0.1) is 0 Å². The highest BCUT2D eigenvalue weighted by Gasteiger charge is 2.19. The van der Waals surface area contributed by atoms with Crippen LogP contribution in [0.2, 0.25) is 0 Å². The zero-order chi connectivity index (χ0) is 45.1. The molecule has 62 heavy (non-hydrogen) atoms. The van der Waals surface area contributed by atoms with E-state index in [0.29, 0.717) is 19.3 Å². The Hall–Kier alpha value is -2.89. The summed E-state index contributed by atoms with van der Waals surface area (Å²) in [5, 5.41) is 0. The maximum atomic E-state index is 12.8. The maximum Gasteiger partial charge on any atom is 0.306 e. The van der Waals surface area contributed by atoms with Crippen LogP contribution >= 0.6 is 0 Å². The van der Waals surface area contributed by atoms with Gasteiger partial charge in [-0.1, -0.05) is 236 Å². The number of rotatable bonds is 47. The van der Waals surface area contributed by atoms with Crippen LogP contribution in [0.25, 0.3) is 0 Å². The van der Waals surface area contributed by atoms with Gasteiger partial charge in [-0.3, -0.25) is 14.4 Å². The molecule has 0 aliphatic carbocycles. The number of hydrogen-bond acceptors (Lipinski definition) is 6. The predicted octanol–water partition coefficient (Wildman–Crippen LogP) is 17.3. The summed E-state index contributed by atoms with van der Waals surface area (Å²) in [6, 6.07) is 0. The van der Waals surface area contributed by atoms with E-state index in [0.717, 1.165) is 96.3 Å². The highest BCUT2D eigenvalue weighted by Crippen LogP contribution is 2.15. The van der Waals surface area contributed by atoms with Crippen molar-refractivity contribution >= 4 is 17.9 Å². The summed E-state index contributed by atoms with van der Waals surface area (Å²) in [6.45, 7) is 6.50. The smallest absolute Gasteiger partial charge is 0.306 e. The summed E-state index contributed by atoms with van der Waals surface area (Å²) in [7, 11) is 0. The highest BCUT2D eigenvalue weighted by molar-refractivity contribution is 5.71. The first-order valence-corrected chi connectivity index (χ1v) is 26.3. The molecule has 6 heteroatoms. The summed E-state index contributed by atoms with van der Waals surface area (Å²) in [6.07, 6.45) is 62.1. The summed E-state index contributed by atoms with van der Waals surface area (Å²) >= 11 is 0. The molecule has 0 radical (unpaired) electrons. The molecule has 0 saturated heterocycles. The Morgan fingerprint density at radius 3 is 0.984 bits per heavy atom. The summed E-state index contributed by atoms with van der Waals surface area (Å²) in [4.78, 5) is 37.9. The van der Waals surface area contributed by atoms with E-state index in [1.165, 1.54) is 122 Å². The molecule has 0 rings (SSSR count). The van der Waals surface area contributed by atoms with E-state index >= 15 is 0 Å². The van der Waals surface area contributed by atoms with Gasteiger partial charge in [0.05, 0.1) is 0 Å². The van der Waals surface area contributed by atoms with Crippen molar-refractivity contribution in [3.05, 3.63) is 60.8 Å². The van der Waals surface area contributed by atoms with Crippen molar-refractivity contribution in [1.29, 1.82) is 0 Å². The molecule has 0 saturated carbocycles. The van der Waals surface area contributed by atoms with Crippen LogP contribution in [0.1, 0.15) is 258 Å². The topological polar surface area (TPSA) is 78.9 Å². The summed E-state index contributed by atoms with van der Waals surface area (Å²) in [5.41, 5.74) is 0. The van der Waals surface area contributed by atoms with Crippen LogP contribution in [-0.2, 0) is 28.6 Å². The van der Waals surface area contributed by atoms with Gasteiger partial charge in [0.25, 0.3) is 0 Å². The van der Waals surface area contributed by atoms with E-state index in [1.807, 2.05) is 0 Å². The Morgan fingerprint density at radius 2 is 0.629 bits per heavy atom. The summed E-state index contributed by atoms with van der Waals surface area (Å²) in [5.74, 6) is -0.883. The van der Waals surface area contributed by atoms with Crippen molar-refractivity contribution < 1.29 is 28.6 Å². The Balaban J connectivity index is 4.26. The molecule has 6 nitrogen and oxygen atoms in total. The normalized spacial score (nSPS) is 12.5. The quantitative estimate of drug-likeness (QED) is 0.0262. The average Bonchev–Trinajstić information content (AvgIpc) is 3.27. The number of allylic oxidation sites excluding steroid dienone is 10. The Bertz CT molecular complexity index is 1130. The zero-order valence-electron chi connectivity index (χ0n) is 40.9. The lowest BCUT2D eigenvalue weighted by molar-refractivity contribution is -0.167. The van der Waals surface area contributed by atoms with Gasteiger partial charge in [-0.25, -0.2) is 0 Å². The third-order valence-electron chi connectivity index (χ3n) is 11.3. The number of esters is 3. The van der Waals surface area contributed by atoms with Crippen LogP contribution in [-0.4, -0.2) is 37.2 Å². The van der Waals surface area contributed by atoms with E-state index in [-0.39, 0.29) is 31.1 Å². The predicted molar refractivity (Wildman–Crippen MR) is 265 cm³/mol. The van der Waals surface area contributed by atoms with Crippen molar-refractivity contribution in [2.45, 2.75) is 264 Å². The van der Waals surface area contributed by atoms with Gasteiger partial charge in [0.1, 0.15) is 13.2 Å². The van der Waals surface area contributed by atoms with Crippen molar-refractivity contribution in [1.82, 2.24) is 0 Å². The number of ether oxygens (including phenoxy) is 3. The van der Waals surface area contributed by atoms with E-state index in [2.05, 4.69) is 81.5 Å². The van der Waals surface area contributed by atoms with Crippen molar-refractivity contribution in [3.63, 3.8) is 0 Å². The minimum atomic E-state index is -0.773. The molecule has 0 heterocycles. The van der Waals surface area contributed by atoms with E-state index in [4.69, 9.17) is 14.2 Å². The van der Waals surface area contributed by atoms with Crippen molar-refractivity contribution in [3.8, 4) is 0 Å². The molecule has 0 amide bonds. The van der Waals surface area contributed by atoms with Crippen LogP contribution in [0.15, 0.2) is 60.8 Å². The first-order chi connectivity index (χ1) is 30.5. The van der Waals surface area contributed by atoms with E-state index in [1.54, 1.807) is 0 Å². The van der Waals surface area contributed by atoms with Gasteiger partial charge in [-0.05, 0) is 64.2 Å². The molecule has 0 aliphatic heterocycles. The SMILES string of the molecule is CC/C=C\C/C=C\C/C=C\C/C=C\C/C=C\CCCCCCCCCC(=O)OCC(COC(=O)CCCCCCCCCCC)OC(=O)CCCCCCCCCCCCCC. The average molecular weight is 867 g/mol. The third-order valence-corrected chi connectivity index (χ3v) is 11.3. The number of carbonyl (C=O) groups excluding carboxylic acids is 3. The van der Waals surface area contributed by atoms with E-state index < -0.39 is 6.10 Å². The molecule has 0 fully saturated rings. The standard InChI is InChI=1S/C56H98O6/c1-4-7-10-13-16-19-21-23-24-25-26-27-28-29-30-31-32-33-35-37-40-43-46-49-55(58)61-52-53(51-60-54(57)48-45-42-39-36-18-15-12-9-6-3)62-56(59)50-47-44-41-38-34-22-20-17-14-11-8-5-2/h7,10,16,19,23-24,26-27,29-30,53H,4-6,8-9,11-15,17-18,20-22,25,28,31-52H2,1-3H3/b10-7-,19-16-,24-23-,27-26-,30-29-. The Labute approximate surface area is 383 Å². The summed E-state index contributed by atoms with van der Waals surface area (Å²) < 4.78 is 16.8. The second-order valence-electron chi connectivity index (χ2n) is 17.4. The molecule has 0 bridgehead atoms. The number of unbranched alkanes of at least 4 members (excludes halogenated alkanes) is 26. The van der Waals surface area contributed by atoms with Gasteiger partial charge in [0, 0.05) is 19.3 Å². The molecule has 0 N–H and O–H groups in total. The second kappa shape index (κ2) is 50.8. The van der Waals surface area contributed by atoms with Gasteiger partial charge < -0.3 is 14.2 Å². The second-order valence-corrected chi connectivity index (χ2v) is 17.4. The van der Waals surface area contributed by atoms with Crippen LogP contribution < -0.4 is 0 Å². The van der Waals surface area contributed by atoms with E-state index in [9.17, 15) is 14.4 Å². The lowest BCUT2D eigenvalue weighted by Gasteiger charge is -2.18. The maximum absolute atomic E-state index is 12.8. The zero-order valence-corrected chi connectivity index (χ0v) is 40.9. The first kappa shape index (κ1) is 59.1. The van der Waals surface area contributed by atoms with Crippen LogP contribution in [0.4, 0.5) is 0 Å². The molecule has 0 spiro atoms. The third kappa shape index (κ3) is 48.1. The highest BCUT2D eigenvalue weighted by atomic mass is 16.6. The van der Waals surface area contributed by atoms with Gasteiger partial charge >= 0.3 is 17.9 Å². The monoisotopic (exact) mass is 867 g/mol. The Kier molecular flexibility index (Phi) is 48.4.